The first-order valence-corrected chi connectivity index (χ1v) is 11.6. The van der Waals surface area contributed by atoms with Crippen LogP contribution >= 0.6 is 11.6 Å². The van der Waals surface area contributed by atoms with E-state index in [1.54, 1.807) is 48.5 Å². The summed E-state index contributed by atoms with van der Waals surface area (Å²) in [7, 11) is -1.02. The second-order valence-corrected chi connectivity index (χ2v) is 9.42. The Balaban J connectivity index is 1.83. The molecule has 0 saturated heterocycles. The first kappa shape index (κ1) is 23.6. The van der Waals surface area contributed by atoms with E-state index in [4.69, 9.17) is 21.1 Å². The minimum absolute atomic E-state index is 0.0366. The number of ether oxygens (including phenoxy) is 2. The number of anilines is 1. The predicted molar refractivity (Wildman–Crippen MR) is 124 cm³/mol. The van der Waals surface area contributed by atoms with Crippen LogP contribution in [0.1, 0.15) is 17.3 Å². The summed E-state index contributed by atoms with van der Waals surface area (Å²) in [4.78, 5) is 12.7. The zero-order valence-electron chi connectivity index (χ0n) is 17.8. The van der Waals surface area contributed by atoms with Crippen molar-refractivity contribution in [1.82, 2.24) is 4.31 Å². The van der Waals surface area contributed by atoms with Crippen LogP contribution in [0.5, 0.6) is 17.2 Å². The SMILES string of the molecule is CCOc1ccc(Oc2ccccc2NC(=O)c2ccc(Cl)c(S(=O)(=O)N(C)C)c2)cc1. The highest BCUT2D eigenvalue weighted by Gasteiger charge is 2.22. The number of benzene rings is 3. The minimum Gasteiger partial charge on any atom is -0.494 e. The largest absolute Gasteiger partial charge is 0.494 e. The third kappa shape index (κ3) is 5.40. The number of para-hydroxylation sites is 2. The third-order valence-electron chi connectivity index (χ3n) is 4.45. The number of rotatable bonds is 8. The molecule has 0 bridgehead atoms. The molecule has 0 aliphatic carbocycles. The van der Waals surface area contributed by atoms with Crippen molar-refractivity contribution in [2.24, 2.45) is 0 Å². The molecule has 0 saturated carbocycles. The molecule has 0 radical (unpaired) electrons. The van der Waals surface area contributed by atoms with Gasteiger partial charge in [-0.3, -0.25) is 4.79 Å². The van der Waals surface area contributed by atoms with Gasteiger partial charge in [-0.25, -0.2) is 12.7 Å². The summed E-state index contributed by atoms with van der Waals surface area (Å²) >= 11 is 6.07. The van der Waals surface area contributed by atoms with Crippen molar-refractivity contribution in [3.63, 3.8) is 0 Å². The smallest absolute Gasteiger partial charge is 0.255 e. The van der Waals surface area contributed by atoms with Crippen LogP contribution in [0.15, 0.2) is 71.6 Å². The van der Waals surface area contributed by atoms with Crippen LogP contribution in [-0.2, 0) is 10.0 Å². The van der Waals surface area contributed by atoms with Gasteiger partial charge >= 0.3 is 0 Å². The fraction of sp³-hybridized carbons (Fsp3) is 0.174. The summed E-state index contributed by atoms with van der Waals surface area (Å²) < 4.78 is 37.4. The summed E-state index contributed by atoms with van der Waals surface area (Å²) in [5, 5.41) is 2.80. The quantitative estimate of drug-likeness (QED) is 0.494. The molecule has 9 heteroatoms. The van der Waals surface area contributed by atoms with E-state index in [2.05, 4.69) is 5.32 Å². The number of hydrogen-bond acceptors (Lipinski definition) is 5. The Morgan fingerprint density at radius 1 is 1.00 bits per heavy atom. The number of halogens is 1. The van der Waals surface area contributed by atoms with Crippen molar-refractivity contribution >= 4 is 33.2 Å². The minimum atomic E-state index is -3.81. The predicted octanol–water partition coefficient (Wildman–Crippen LogP) is 5.03. The Morgan fingerprint density at radius 3 is 2.31 bits per heavy atom. The van der Waals surface area contributed by atoms with Gasteiger partial charge in [0, 0.05) is 19.7 Å². The number of carbonyl (C=O) groups excluding carboxylic acids is 1. The molecule has 3 rings (SSSR count). The summed E-state index contributed by atoms with van der Waals surface area (Å²) in [6.45, 7) is 2.47. The maximum absolute atomic E-state index is 12.9. The Bertz CT molecular complexity index is 1210. The van der Waals surface area contributed by atoms with Gasteiger partial charge in [-0.1, -0.05) is 23.7 Å². The molecule has 0 aliphatic heterocycles. The van der Waals surface area contributed by atoms with Crippen LogP contribution in [0.3, 0.4) is 0 Å². The van der Waals surface area contributed by atoms with Crippen molar-refractivity contribution in [1.29, 1.82) is 0 Å². The topological polar surface area (TPSA) is 84.9 Å². The van der Waals surface area contributed by atoms with Gasteiger partial charge in [-0.2, -0.15) is 0 Å². The van der Waals surface area contributed by atoms with Gasteiger partial charge in [0.05, 0.1) is 17.3 Å². The van der Waals surface area contributed by atoms with Crippen molar-refractivity contribution in [2.75, 3.05) is 26.0 Å². The lowest BCUT2D eigenvalue weighted by molar-refractivity contribution is 0.102. The molecule has 1 N–H and O–H groups in total. The van der Waals surface area contributed by atoms with Gasteiger partial charge in [0.1, 0.15) is 16.4 Å². The Kier molecular flexibility index (Phi) is 7.40. The molecule has 7 nitrogen and oxygen atoms in total. The first-order valence-electron chi connectivity index (χ1n) is 9.75. The van der Waals surface area contributed by atoms with Crippen molar-refractivity contribution < 1.29 is 22.7 Å². The Hall–Kier alpha value is -3.07. The maximum Gasteiger partial charge on any atom is 0.255 e. The monoisotopic (exact) mass is 474 g/mol. The highest BCUT2D eigenvalue weighted by atomic mass is 35.5. The van der Waals surface area contributed by atoms with Gasteiger partial charge < -0.3 is 14.8 Å². The van der Waals surface area contributed by atoms with Crippen LogP contribution in [-0.4, -0.2) is 39.3 Å². The van der Waals surface area contributed by atoms with E-state index in [-0.39, 0.29) is 15.5 Å². The molecular formula is C23H23ClN2O5S. The van der Waals surface area contributed by atoms with E-state index in [0.29, 0.717) is 23.8 Å². The van der Waals surface area contributed by atoms with E-state index in [0.717, 1.165) is 10.1 Å². The highest BCUT2D eigenvalue weighted by Crippen LogP contribution is 2.31. The van der Waals surface area contributed by atoms with E-state index in [1.165, 1.54) is 32.3 Å². The molecular weight excluding hydrogens is 452 g/mol. The Morgan fingerprint density at radius 2 is 1.66 bits per heavy atom. The van der Waals surface area contributed by atoms with Crippen LogP contribution in [0.2, 0.25) is 5.02 Å². The molecule has 0 aliphatic rings. The molecule has 0 fully saturated rings. The second-order valence-electron chi connectivity index (χ2n) is 6.89. The van der Waals surface area contributed by atoms with E-state index in [1.807, 2.05) is 6.92 Å². The number of nitrogens with one attached hydrogen (secondary N) is 1. The van der Waals surface area contributed by atoms with Crippen molar-refractivity contribution in [2.45, 2.75) is 11.8 Å². The number of carbonyl (C=O) groups is 1. The first-order chi connectivity index (χ1) is 15.2. The fourth-order valence-corrected chi connectivity index (χ4v) is 4.18. The van der Waals surface area contributed by atoms with Gasteiger partial charge in [0.15, 0.2) is 5.75 Å². The van der Waals surface area contributed by atoms with Crippen molar-refractivity contribution in [3.8, 4) is 17.2 Å². The van der Waals surface area contributed by atoms with Gasteiger partial charge in [0.25, 0.3) is 5.91 Å². The summed E-state index contributed by atoms with van der Waals surface area (Å²) in [6, 6.07) is 18.2. The van der Waals surface area contributed by atoms with E-state index in [9.17, 15) is 13.2 Å². The normalized spacial score (nSPS) is 11.3. The third-order valence-corrected chi connectivity index (χ3v) is 6.75. The average Bonchev–Trinajstić information content (AvgIpc) is 2.76. The average molecular weight is 475 g/mol. The zero-order chi connectivity index (χ0) is 23.3. The van der Waals surface area contributed by atoms with Crippen LogP contribution < -0.4 is 14.8 Å². The summed E-state index contributed by atoms with van der Waals surface area (Å²) in [5.74, 6) is 1.23. The summed E-state index contributed by atoms with van der Waals surface area (Å²) in [5.41, 5.74) is 0.573. The van der Waals surface area contributed by atoms with Crippen LogP contribution in [0, 0.1) is 0 Å². The zero-order valence-corrected chi connectivity index (χ0v) is 19.4. The number of hydrogen-bond donors (Lipinski definition) is 1. The lowest BCUT2D eigenvalue weighted by atomic mass is 10.2. The maximum atomic E-state index is 12.9. The molecule has 0 heterocycles. The van der Waals surface area contributed by atoms with Crippen molar-refractivity contribution in [3.05, 3.63) is 77.3 Å². The van der Waals surface area contributed by atoms with E-state index < -0.39 is 15.9 Å². The number of nitrogens with zero attached hydrogens (tertiary/aromatic N) is 1. The van der Waals surface area contributed by atoms with Gasteiger partial charge in [-0.05, 0) is 61.5 Å². The van der Waals surface area contributed by atoms with Gasteiger partial charge in [0.2, 0.25) is 10.0 Å². The molecule has 32 heavy (non-hydrogen) atoms. The molecule has 3 aromatic carbocycles. The molecule has 0 spiro atoms. The fourth-order valence-electron chi connectivity index (χ4n) is 2.79. The highest BCUT2D eigenvalue weighted by molar-refractivity contribution is 7.89. The molecule has 0 aromatic heterocycles. The number of amides is 1. The second kappa shape index (κ2) is 10.0. The van der Waals surface area contributed by atoms with E-state index >= 15 is 0 Å². The summed E-state index contributed by atoms with van der Waals surface area (Å²) in [6.07, 6.45) is 0. The molecule has 0 unspecified atom stereocenters. The van der Waals surface area contributed by atoms with Crippen LogP contribution in [0.25, 0.3) is 0 Å². The lowest BCUT2D eigenvalue weighted by Crippen LogP contribution is -2.23. The molecule has 1 amide bonds. The molecule has 168 valence electrons. The standard InChI is InChI=1S/C23H23ClN2O5S/c1-4-30-17-10-12-18(13-11-17)31-21-8-6-5-7-20(21)25-23(27)16-9-14-19(24)22(15-16)32(28,29)26(2)3/h5-15H,4H2,1-3H3,(H,25,27). The number of sulfonamides is 1. The van der Waals surface area contributed by atoms with Gasteiger partial charge in [-0.15, -0.1) is 0 Å². The molecule has 3 aromatic rings. The van der Waals surface area contributed by atoms with Crippen LogP contribution in [0.4, 0.5) is 5.69 Å². The Labute approximate surface area is 192 Å². The molecule has 0 atom stereocenters. The lowest BCUT2D eigenvalue weighted by Gasteiger charge is -2.15.